The van der Waals surface area contributed by atoms with Crippen molar-refractivity contribution in [2.24, 2.45) is 0 Å². The summed E-state index contributed by atoms with van der Waals surface area (Å²) < 4.78 is 44.8. The number of sulfonamides is 1. The van der Waals surface area contributed by atoms with Crippen molar-refractivity contribution in [1.29, 1.82) is 0 Å². The SMILES string of the molecule is O=S(=O)(c1cn(C2CCCC2)nc1-c1cccs1)N1CCN(c2ccccc2F)CC1. The Morgan fingerprint density at radius 2 is 1.74 bits per heavy atom. The van der Waals surface area contributed by atoms with Crippen LogP contribution in [0.25, 0.3) is 10.6 Å². The third kappa shape index (κ3) is 3.90. The van der Waals surface area contributed by atoms with Crippen molar-refractivity contribution in [1.82, 2.24) is 14.1 Å². The number of para-hydroxylation sites is 1. The Hall–Kier alpha value is -2.23. The minimum atomic E-state index is -3.71. The largest absolute Gasteiger partial charge is 0.367 e. The smallest absolute Gasteiger partial charge is 0.246 e. The summed E-state index contributed by atoms with van der Waals surface area (Å²) in [7, 11) is -3.71. The molecule has 0 amide bonds. The normalized spacial score (nSPS) is 18.7. The highest BCUT2D eigenvalue weighted by Crippen LogP contribution is 2.36. The van der Waals surface area contributed by atoms with Crippen LogP contribution in [0.5, 0.6) is 0 Å². The first-order valence-corrected chi connectivity index (χ1v) is 13.0. The van der Waals surface area contributed by atoms with E-state index in [1.165, 1.54) is 21.7 Å². The third-order valence-electron chi connectivity index (χ3n) is 6.20. The first-order valence-electron chi connectivity index (χ1n) is 10.7. The number of thiophene rings is 1. The number of rotatable bonds is 5. The monoisotopic (exact) mass is 460 g/mol. The molecule has 0 bridgehead atoms. The van der Waals surface area contributed by atoms with Gasteiger partial charge in [-0.1, -0.05) is 31.0 Å². The Labute approximate surface area is 186 Å². The molecular weight excluding hydrogens is 435 g/mol. The van der Waals surface area contributed by atoms with Gasteiger partial charge >= 0.3 is 0 Å². The van der Waals surface area contributed by atoms with Gasteiger partial charge in [0, 0.05) is 32.4 Å². The van der Waals surface area contributed by atoms with E-state index in [1.807, 2.05) is 27.1 Å². The lowest BCUT2D eigenvalue weighted by atomic mass is 10.2. The van der Waals surface area contributed by atoms with Gasteiger partial charge in [-0.2, -0.15) is 9.40 Å². The maximum atomic E-state index is 14.1. The summed E-state index contributed by atoms with van der Waals surface area (Å²) in [5.41, 5.74) is 1.06. The maximum Gasteiger partial charge on any atom is 0.246 e. The molecule has 0 unspecified atom stereocenters. The summed E-state index contributed by atoms with van der Waals surface area (Å²) in [6.07, 6.45) is 6.10. The van der Waals surface area contributed by atoms with E-state index in [1.54, 1.807) is 24.4 Å². The Morgan fingerprint density at radius 1 is 1.00 bits per heavy atom. The number of halogens is 1. The average molecular weight is 461 g/mol. The second kappa shape index (κ2) is 8.37. The van der Waals surface area contributed by atoms with Crippen LogP contribution in [-0.4, -0.2) is 48.7 Å². The van der Waals surface area contributed by atoms with Crippen molar-refractivity contribution in [2.75, 3.05) is 31.1 Å². The fraction of sp³-hybridized carbons (Fsp3) is 0.409. The van der Waals surface area contributed by atoms with E-state index < -0.39 is 10.0 Å². The Balaban J connectivity index is 1.42. The Kier molecular flexibility index (Phi) is 5.58. The molecule has 9 heteroatoms. The van der Waals surface area contributed by atoms with Crippen LogP contribution in [0, 0.1) is 5.82 Å². The van der Waals surface area contributed by atoms with E-state index in [0.29, 0.717) is 37.6 Å². The number of hydrogen-bond donors (Lipinski definition) is 0. The molecule has 0 atom stereocenters. The van der Waals surface area contributed by atoms with E-state index in [2.05, 4.69) is 0 Å². The van der Waals surface area contributed by atoms with Crippen LogP contribution in [0.4, 0.5) is 10.1 Å². The minimum Gasteiger partial charge on any atom is -0.367 e. The van der Waals surface area contributed by atoms with E-state index in [4.69, 9.17) is 5.10 Å². The van der Waals surface area contributed by atoms with Gasteiger partial charge in [0.2, 0.25) is 10.0 Å². The van der Waals surface area contributed by atoms with Gasteiger partial charge in [0.25, 0.3) is 0 Å². The molecule has 0 N–H and O–H groups in total. The van der Waals surface area contributed by atoms with Crippen molar-refractivity contribution in [3.05, 3.63) is 53.8 Å². The molecule has 0 radical (unpaired) electrons. The predicted octanol–water partition coefficient (Wildman–Crippen LogP) is 4.38. The molecule has 1 aromatic carbocycles. The fourth-order valence-electron chi connectivity index (χ4n) is 4.52. The highest BCUT2D eigenvalue weighted by atomic mass is 32.2. The minimum absolute atomic E-state index is 0.264. The highest BCUT2D eigenvalue weighted by Gasteiger charge is 2.34. The van der Waals surface area contributed by atoms with Crippen LogP contribution in [0.3, 0.4) is 0 Å². The lowest BCUT2D eigenvalue weighted by molar-refractivity contribution is 0.383. The van der Waals surface area contributed by atoms with Gasteiger partial charge in [-0.05, 0) is 36.4 Å². The molecule has 5 rings (SSSR count). The molecule has 3 aromatic rings. The molecule has 1 aliphatic heterocycles. The van der Waals surface area contributed by atoms with Gasteiger partial charge in [-0.15, -0.1) is 11.3 Å². The Morgan fingerprint density at radius 3 is 2.42 bits per heavy atom. The third-order valence-corrected chi connectivity index (χ3v) is 8.98. The van der Waals surface area contributed by atoms with Crippen molar-refractivity contribution in [3.8, 4) is 10.6 Å². The Bertz CT molecular complexity index is 1150. The van der Waals surface area contributed by atoms with E-state index in [0.717, 1.165) is 30.6 Å². The zero-order chi connectivity index (χ0) is 21.4. The number of hydrogen-bond acceptors (Lipinski definition) is 5. The van der Waals surface area contributed by atoms with Gasteiger partial charge in [-0.25, -0.2) is 12.8 Å². The summed E-state index contributed by atoms with van der Waals surface area (Å²) >= 11 is 1.50. The zero-order valence-corrected chi connectivity index (χ0v) is 18.8. The molecule has 0 spiro atoms. The predicted molar refractivity (Wildman–Crippen MR) is 120 cm³/mol. The van der Waals surface area contributed by atoms with Gasteiger partial charge in [-0.3, -0.25) is 4.68 Å². The number of nitrogens with zero attached hydrogens (tertiary/aromatic N) is 4. The van der Waals surface area contributed by atoms with Crippen molar-refractivity contribution < 1.29 is 12.8 Å². The van der Waals surface area contributed by atoms with E-state index in [9.17, 15) is 12.8 Å². The average Bonchev–Trinajstić information content (AvgIpc) is 3.55. The molecule has 164 valence electrons. The lowest BCUT2D eigenvalue weighted by Gasteiger charge is -2.35. The summed E-state index contributed by atoms with van der Waals surface area (Å²) in [6.45, 7) is 1.53. The lowest BCUT2D eigenvalue weighted by Crippen LogP contribution is -2.48. The van der Waals surface area contributed by atoms with Gasteiger partial charge in [0.1, 0.15) is 16.4 Å². The summed E-state index contributed by atoms with van der Waals surface area (Å²) in [6, 6.07) is 10.7. The van der Waals surface area contributed by atoms with E-state index >= 15 is 0 Å². The highest BCUT2D eigenvalue weighted by molar-refractivity contribution is 7.89. The maximum absolute atomic E-state index is 14.1. The fourth-order valence-corrected chi connectivity index (χ4v) is 6.87. The van der Waals surface area contributed by atoms with E-state index in [-0.39, 0.29) is 16.8 Å². The van der Waals surface area contributed by atoms with Gasteiger partial charge in [0.15, 0.2) is 0 Å². The molecular formula is C22H25FN4O2S2. The van der Waals surface area contributed by atoms with Crippen molar-refractivity contribution in [3.63, 3.8) is 0 Å². The number of piperazine rings is 1. The van der Waals surface area contributed by atoms with Crippen LogP contribution in [0.15, 0.2) is 52.9 Å². The number of aromatic nitrogens is 2. The zero-order valence-electron chi connectivity index (χ0n) is 17.2. The first kappa shape index (κ1) is 20.7. The molecule has 1 saturated heterocycles. The molecule has 1 aliphatic carbocycles. The molecule has 3 heterocycles. The number of benzene rings is 1. The summed E-state index contributed by atoms with van der Waals surface area (Å²) in [5, 5.41) is 6.67. The molecule has 2 aliphatic rings. The van der Waals surface area contributed by atoms with Crippen LogP contribution >= 0.6 is 11.3 Å². The second-order valence-corrected chi connectivity index (χ2v) is 10.9. The van der Waals surface area contributed by atoms with Crippen LogP contribution in [-0.2, 0) is 10.0 Å². The van der Waals surface area contributed by atoms with Gasteiger partial charge in [0.05, 0.1) is 16.6 Å². The molecule has 31 heavy (non-hydrogen) atoms. The topological polar surface area (TPSA) is 58.4 Å². The van der Waals surface area contributed by atoms with Crippen LogP contribution in [0.1, 0.15) is 31.7 Å². The molecule has 6 nitrogen and oxygen atoms in total. The van der Waals surface area contributed by atoms with Crippen LogP contribution < -0.4 is 4.90 Å². The molecule has 2 fully saturated rings. The first-order chi connectivity index (χ1) is 15.0. The summed E-state index contributed by atoms with van der Waals surface area (Å²) in [5.74, 6) is -0.281. The quantitative estimate of drug-likeness (QED) is 0.567. The van der Waals surface area contributed by atoms with Gasteiger partial charge < -0.3 is 4.90 Å². The standard InChI is InChI=1S/C22H25FN4O2S2/c23-18-8-3-4-9-19(18)25-11-13-26(14-12-25)31(28,29)21-16-27(17-6-1-2-7-17)24-22(21)20-10-5-15-30-20/h3-5,8-10,15-17H,1-2,6-7,11-14H2. The second-order valence-electron chi connectivity index (χ2n) is 8.08. The summed E-state index contributed by atoms with van der Waals surface area (Å²) in [4.78, 5) is 3.05. The van der Waals surface area contributed by atoms with Crippen molar-refractivity contribution in [2.45, 2.75) is 36.6 Å². The molecule has 2 aromatic heterocycles. The number of anilines is 1. The van der Waals surface area contributed by atoms with Crippen LogP contribution in [0.2, 0.25) is 0 Å². The molecule has 1 saturated carbocycles. The van der Waals surface area contributed by atoms with Crippen molar-refractivity contribution >= 4 is 27.0 Å².